The molecule has 8 atom stereocenters. The van der Waals surface area contributed by atoms with Crippen LogP contribution < -0.4 is 0 Å². The predicted octanol–water partition coefficient (Wildman–Crippen LogP) is 4.86. The van der Waals surface area contributed by atoms with Crippen molar-refractivity contribution < 1.29 is 10.2 Å². The minimum atomic E-state index is -0.332. The van der Waals surface area contributed by atoms with Gasteiger partial charge in [-0.1, -0.05) is 32.1 Å². The SMILES string of the molecule is CC12C(n3cnc4ccccc43)=CCC1C1CC[C@@H]3C[C@@H](O)CC[C@]3(C)C1CC2O. The third-order valence-electron chi connectivity index (χ3n) is 10.0. The molecule has 4 heteroatoms. The highest BCUT2D eigenvalue weighted by Crippen LogP contribution is 2.67. The summed E-state index contributed by atoms with van der Waals surface area (Å²) in [6.45, 7) is 4.79. The van der Waals surface area contributed by atoms with Gasteiger partial charge < -0.3 is 14.8 Å². The van der Waals surface area contributed by atoms with Crippen LogP contribution in [0.1, 0.15) is 58.8 Å². The first-order valence-corrected chi connectivity index (χ1v) is 11.9. The van der Waals surface area contributed by atoms with Gasteiger partial charge in [-0.2, -0.15) is 0 Å². The lowest BCUT2D eigenvalue weighted by atomic mass is 9.44. The van der Waals surface area contributed by atoms with Gasteiger partial charge in [0.1, 0.15) is 6.33 Å². The highest BCUT2D eigenvalue weighted by atomic mass is 16.3. The van der Waals surface area contributed by atoms with Crippen LogP contribution in [-0.2, 0) is 0 Å². The Hall–Kier alpha value is -1.65. The number of nitrogens with zero attached hydrogens (tertiary/aromatic N) is 2. The van der Waals surface area contributed by atoms with E-state index in [2.05, 4.69) is 47.7 Å². The number of aliphatic hydroxyl groups excluding tert-OH is 2. The quantitative estimate of drug-likeness (QED) is 0.711. The van der Waals surface area contributed by atoms with E-state index >= 15 is 0 Å². The van der Waals surface area contributed by atoms with Crippen molar-refractivity contribution in [1.82, 2.24) is 9.55 Å². The number of imidazole rings is 1. The van der Waals surface area contributed by atoms with Crippen LogP contribution in [0, 0.1) is 34.5 Å². The number of fused-ring (bicyclic) bond motifs is 6. The molecule has 0 spiro atoms. The van der Waals surface area contributed by atoms with Crippen molar-refractivity contribution in [3.05, 3.63) is 36.7 Å². The van der Waals surface area contributed by atoms with Gasteiger partial charge in [0, 0.05) is 11.1 Å². The molecular formula is C26H34N2O2. The Bertz CT molecular complexity index is 1010. The molecule has 0 bridgehead atoms. The number of benzene rings is 1. The minimum absolute atomic E-state index is 0.118. The van der Waals surface area contributed by atoms with Gasteiger partial charge in [0.2, 0.25) is 0 Å². The molecule has 1 aromatic carbocycles. The van der Waals surface area contributed by atoms with Gasteiger partial charge in [-0.3, -0.25) is 0 Å². The van der Waals surface area contributed by atoms with Crippen molar-refractivity contribution in [2.75, 3.05) is 0 Å². The molecule has 3 saturated carbocycles. The second-order valence-corrected chi connectivity index (χ2v) is 11.0. The normalized spacial score (nSPS) is 45.5. The molecule has 160 valence electrons. The zero-order valence-electron chi connectivity index (χ0n) is 18.2. The number of rotatable bonds is 1. The van der Waals surface area contributed by atoms with Crippen LogP contribution in [0.25, 0.3) is 16.7 Å². The van der Waals surface area contributed by atoms with E-state index in [-0.39, 0.29) is 23.0 Å². The van der Waals surface area contributed by atoms with Crippen molar-refractivity contribution in [1.29, 1.82) is 0 Å². The number of aliphatic hydroxyl groups is 2. The highest BCUT2D eigenvalue weighted by molar-refractivity contribution is 5.80. The lowest BCUT2D eigenvalue weighted by molar-refractivity contribution is -0.151. The molecule has 5 unspecified atom stereocenters. The fourth-order valence-electron chi connectivity index (χ4n) is 8.27. The average molecular weight is 407 g/mol. The zero-order valence-corrected chi connectivity index (χ0v) is 18.2. The third kappa shape index (κ3) is 2.38. The summed E-state index contributed by atoms with van der Waals surface area (Å²) in [6, 6.07) is 8.31. The van der Waals surface area contributed by atoms with Crippen LogP contribution in [0.15, 0.2) is 36.7 Å². The Morgan fingerprint density at radius 2 is 1.87 bits per heavy atom. The van der Waals surface area contributed by atoms with Crippen molar-refractivity contribution in [3.8, 4) is 0 Å². The molecule has 4 nitrogen and oxygen atoms in total. The molecular weight excluding hydrogens is 372 g/mol. The molecule has 30 heavy (non-hydrogen) atoms. The number of para-hydroxylation sites is 2. The van der Waals surface area contributed by atoms with E-state index in [9.17, 15) is 10.2 Å². The van der Waals surface area contributed by atoms with Crippen molar-refractivity contribution in [3.63, 3.8) is 0 Å². The van der Waals surface area contributed by atoms with Crippen LogP contribution >= 0.6 is 0 Å². The van der Waals surface area contributed by atoms with E-state index < -0.39 is 0 Å². The Labute approximate surface area is 179 Å². The van der Waals surface area contributed by atoms with Gasteiger partial charge in [0.25, 0.3) is 0 Å². The van der Waals surface area contributed by atoms with Gasteiger partial charge in [0.15, 0.2) is 0 Å². The molecule has 0 aliphatic heterocycles. The smallest absolute Gasteiger partial charge is 0.100 e. The van der Waals surface area contributed by atoms with Gasteiger partial charge in [-0.15, -0.1) is 0 Å². The second-order valence-electron chi connectivity index (χ2n) is 11.0. The molecule has 0 amide bonds. The van der Waals surface area contributed by atoms with Gasteiger partial charge >= 0.3 is 0 Å². The standard InChI is InChI=1S/C26H34N2O2/c1-25-12-11-17(29)13-16(25)7-8-18-19-9-10-23(26(19,2)24(30)14-20(18)25)28-15-27-21-5-3-4-6-22(21)28/h3-6,10,15-20,24,29-30H,7-9,11-14H2,1-2H3/t16-,17+,18?,19?,20?,24?,25+,26?/m1/s1. The minimum Gasteiger partial charge on any atom is -0.393 e. The molecule has 3 fully saturated rings. The molecule has 2 N–H and O–H groups in total. The Balaban J connectivity index is 1.37. The number of hydrogen-bond donors (Lipinski definition) is 2. The molecule has 4 aliphatic rings. The summed E-state index contributed by atoms with van der Waals surface area (Å²) >= 11 is 0. The van der Waals surface area contributed by atoms with Crippen LogP contribution in [0.2, 0.25) is 0 Å². The predicted molar refractivity (Wildman–Crippen MR) is 119 cm³/mol. The zero-order chi connectivity index (χ0) is 20.7. The van der Waals surface area contributed by atoms with E-state index in [0.29, 0.717) is 23.7 Å². The summed E-state index contributed by atoms with van der Waals surface area (Å²) in [7, 11) is 0. The molecule has 0 radical (unpaired) electrons. The fraction of sp³-hybridized carbons (Fsp3) is 0.654. The first kappa shape index (κ1) is 19.1. The van der Waals surface area contributed by atoms with Gasteiger partial charge in [-0.05, 0) is 86.2 Å². The fourth-order valence-corrected chi connectivity index (χ4v) is 8.27. The van der Waals surface area contributed by atoms with Crippen LogP contribution in [0.5, 0.6) is 0 Å². The van der Waals surface area contributed by atoms with Crippen LogP contribution in [0.3, 0.4) is 0 Å². The number of hydrogen-bond acceptors (Lipinski definition) is 3. The van der Waals surface area contributed by atoms with E-state index in [4.69, 9.17) is 0 Å². The summed E-state index contributed by atoms with van der Waals surface area (Å²) in [5.74, 6) is 2.35. The largest absolute Gasteiger partial charge is 0.393 e. The first-order chi connectivity index (χ1) is 14.4. The summed E-state index contributed by atoms with van der Waals surface area (Å²) in [4.78, 5) is 4.63. The first-order valence-electron chi connectivity index (χ1n) is 11.9. The highest BCUT2D eigenvalue weighted by Gasteiger charge is 2.62. The third-order valence-corrected chi connectivity index (χ3v) is 10.0. The maximum absolute atomic E-state index is 11.7. The van der Waals surface area contributed by atoms with Crippen molar-refractivity contribution >= 4 is 16.7 Å². The molecule has 6 rings (SSSR count). The summed E-state index contributed by atoms with van der Waals surface area (Å²) in [5.41, 5.74) is 3.45. The molecule has 1 aromatic heterocycles. The van der Waals surface area contributed by atoms with Crippen molar-refractivity contribution in [2.24, 2.45) is 34.5 Å². The van der Waals surface area contributed by atoms with E-state index in [1.807, 2.05) is 12.4 Å². The Morgan fingerprint density at radius 1 is 1.03 bits per heavy atom. The maximum Gasteiger partial charge on any atom is 0.100 e. The summed E-state index contributed by atoms with van der Waals surface area (Å²) < 4.78 is 2.24. The summed E-state index contributed by atoms with van der Waals surface area (Å²) in [6.07, 6.45) is 11.3. The number of allylic oxidation sites excluding steroid dienone is 1. The average Bonchev–Trinajstić information content (AvgIpc) is 3.31. The van der Waals surface area contributed by atoms with E-state index in [1.165, 1.54) is 18.5 Å². The lowest BCUT2D eigenvalue weighted by Crippen LogP contribution is -2.58. The molecule has 2 aromatic rings. The van der Waals surface area contributed by atoms with Crippen LogP contribution in [-0.4, -0.2) is 32.0 Å². The summed E-state index contributed by atoms with van der Waals surface area (Å²) in [5, 5.41) is 21.9. The van der Waals surface area contributed by atoms with Gasteiger partial charge in [0.05, 0.1) is 23.2 Å². The number of aromatic nitrogens is 2. The molecule has 1 heterocycles. The Kier molecular flexibility index (Phi) is 4.09. The topological polar surface area (TPSA) is 58.3 Å². The van der Waals surface area contributed by atoms with Crippen molar-refractivity contribution in [2.45, 2.75) is 71.0 Å². The van der Waals surface area contributed by atoms with Crippen LogP contribution in [0.4, 0.5) is 0 Å². The van der Waals surface area contributed by atoms with Gasteiger partial charge in [-0.25, -0.2) is 4.98 Å². The molecule has 4 aliphatic carbocycles. The Morgan fingerprint density at radius 3 is 2.73 bits per heavy atom. The maximum atomic E-state index is 11.7. The monoisotopic (exact) mass is 406 g/mol. The van der Waals surface area contributed by atoms with E-state index in [0.717, 1.165) is 43.1 Å². The molecule has 0 saturated heterocycles. The van der Waals surface area contributed by atoms with E-state index in [1.54, 1.807) is 0 Å². The second kappa shape index (κ2) is 6.43. The lowest BCUT2D eigenvalue weighted by Gasteiger charge is -2.61.